The minimum absolute atomic E-state index is 0.111. The summed E-state index contributed by atoms with van der Waals surface area (Å²) < 4.78 is 38.8. The summed E-state index contributed by atoms with van der Waals surface area (Å²) in [6, 6.07) is 14.3. The SMILES string of the molecule is COc1ccc(N2C(=O)[C@H](OCc3ccccc3)[C@@H]2C(C)(F)F)cc1. The van der Waals surface area contributed by atoms with Crippen molar-refractivity contribution in [2.24, 2.45) is 0 Å². The van der Waals surface area contributed by atoms with Crippen molar-refractivity contribution >= 4 is 11.6 Å². The predicted octanol–water partition coefficient (Wildman–Crippen LogP) is 3.65. The maximum Gasteiger partial charge on any atom is 0.268 e. The Morgan fingerprint density at radius 3 is 2.28 bits per heavy atom. The molecule has 0 unspecified atom stereocenters. The van der Waals surface area contributed by atoms with E-state index < -0.39 is 24.0 Å². The van der Waals surface area contributed by atoms with Crippen molar-refractivity contribution in [1.29, 1.82) is 0 Å². The Morgan fingerprint density at radius 2 is 1.72 bits per heavy atom. The highest BCUT2D eigenvalue weighted by Crippen LogP contribution is 2.39. The molecular formula is C19H19F2NO3. The maximum absolute atomic E-state index is 14.1. The van der Waals surface area contributed by atoms with E-state index in [9.17, 15) is 13.6 Å². The zero-order valence-electron chi connectivity index (χ0n) is 14.0. The molecule has 0 radical (unpaired) electrons. The van der Waals surface area contributed by atoms with Crippen LogP contribution in [0.15, 0.2) is 54.6 Å². The summed E-state index contributed by atoms with van der Waals surface area (Å²) in [7, 11) is 1.51. The van der Waals surface area contributed by atoms with Crippen molar-refractivity contribution in [3.05, 3.63) is 60.2 Å². The third-order valence-electron chi connectivity index (χ3n) is 4.19. The fourth-order valence-corrected chi connectivity index (χ4v) is 2.91. The molecule has 2 atom stereocenters. The van der Waals surface area contributed by atoms with E-state index in [2.05, 4.69) is 0 Å². The van der Waals surface area contributed by atoms with Gasteiger partial charge in [-0.15, -0.1) is 0 Å². The van der Waals surface area contributed by atoms with Gasteiger partial charge >= 0.3 is 0 Å². The lowest BCUT2D eigenvalue weighted by Crippen LogP contribution is -2.71. The highest BCUT2D eigenvalue weighted by atomic mass is 19.3. The van der Waals surface area contributed by atoms with Crippen LogP contribution in [0.2, 0.25) is 0 Å². The number of carbonyl (C=O) groups excluding carboxylic acids is 1. The van der Waals surface area contributed by atoms with Crippen molar-refractivity contribution in [2.75, 3.05) is 12.0 Å². The minimum atomic E-state index is -3.09. The van der Waals surface area contributed by atoms with Crippen LogP contribution in [-0.2, 0) is 16.1 Å². The van der Waals surface area contributed by atoms with E-state index in [4.69, 9.17) is 9.47 Å². The standard InChI is InChI=1S/C19H19F2NO3/c1-19(20,21)17-16(25-12-13-6-4-3-5-7-13)18(23)22(17)14-8-10-15(24-2)11-9-14/h3-11,16-17H,12H2,1-2H3/t16-,17-/m1/s1. The zero-order valence-corrected chi connectivity index (χ0v) is 14.0. The van der Waals surface area contributed by atoms with E-state index in [0.29, 0.717) is 11.4 Å². The Bertz CT molecular complexity index is 729. The first-order chi connectivity index (χ1) is 11.9. The number of carbonyl (C=O) groups is 1. The molecular weight excluding hydrogens is 328 g/mol. The maximum atomic E-state index is 14.1. The van der Waals surface area contributed by atoms with Crippen molar-refractivity contribution in [2.45, 2.75) is 31.6 Å². The van der Waals surface area contributed by atoms with Crippen molar-refractivity contribution < 1.29 is 23.0 Å². The molecule has 1 aliphatic heterocycles. The minimum Gasteiger partial charge on any atom is -0.497 e. The van der Waals surface area contributed by atoms with Gasteiger partial charge in [-0.1, -0.05) is 30.3 Å². The number of methoxy groups -OCH3 is 1. The molecule has 25 heavy (non-hydrogen) atoms. The number of hydrogen-bond acceptors (Lipinski definition) is 3. The van der Waals surface area contributed by atoms with E-state index in [1.165, 1.54) is 7.11 Å². The fraction of sp³-hybridized carbons (Fsp3) is 0.316. The molecule has 132 valence electrons. The number of rotatable bonds is 6. The fourth-order valence-electron chi connectivity index (χ4n) is 2.91. The van der Waals surface area contributed by atoms with Gasteiger partial charge in [0, 0.05) is 12.6 Å². The van der Waals surface area contributed by atoms with Gasteiger partial charge in [0.25, 0.3) is 11.8 Å². The first-order valence-corrected chi connectivity index (χ1v) is 7.92. The molecule has 0 aromatic heterocycles. The second kappa shape index (κ2) is 6.80. The number of amides is 1. The van der Waals surface area contributed by atoms with E-state index in [1.54, 1.807) is 24.3 Å². The Labute approximate surface area is 145 Å². The summed E-state index contributed by atoms with van der Waals surface area (Å²) in [5.74, 6) is -2.96. The van der Waals surface area contributed by atoms with Gasteiger partial charge in [-0.3, -0.25) is 9.69 Å². The lowest BCUT2D eigenvalue weighted by Gasteiger charge is -2.48. The van der Waals surface area contributed by atoms with Crippen LogP contribution in [0.3, 0.4) is 0 Å². The highest BCUT2D eigenvalue weighted by molar-refractivity contribution is 6.05. The van der Waals surface area contributed by atoms with Crippen LogP contribution in [-0.4, -0.2) is 31.1 Å². The van der Waals surface area contributed by atoms with E-state index in [1.807, 2.05) is 30.3 Å². The summed E-state index contributed by atoms with van der Waals surface area (Å²) in [5, 5.41) is 0. The summed E-state index contributed by atoms with van der Waals surface area (Å²) in [6.45, 7) is 0.916. The molecule has 1 heterocycles. The monoisotopic (exact) mass is 347 g/mol. The van der Waals surface area contributed by atoms with E-state index in [-0.39, 0.29) is 6.61 Å². The average Bonchev–Trinajstić information content (AvgIpc) is 2.60. The molecule has 0 spiro atoms. The van der Waals surface area contributed by atoms with Crippen molar-refractivity contribution in [3.63, 3.8) is 0 Å². The quantitative estimate of drug-likeness (QED) is 0.749. The molecule has 1 saturated heterocycles. The number of β-lactam (4-membered cyclic amide) rings is 1. The zero-order chi connectivity index (χ0) is 18.0. The van der Waals surface area contributed by atoms with Crippen LogP contribution in [0.4, 0.5) is 14.5 Å². The molecule has 1 aliphatic rings. The number of nitrogens with zero attached hydrogens (tertiary/aromatic N) is 1. The van der Waals surface area contributed by atoms with E-state index in [0.717, 1.165) is 17.4 Å². The molecule has 2 aromatic rings. The van der Waals surface area contributed by atoms with Gasteiger partial charge in [0.05, 0.1) is 13.7 Å². The Hall–Kier alpha value is -2.47. The summed E-state index contributed by atoms with van der Waals surface area (Å²) >= 11 is 0. The van der Waals surface area contributed by atoms with E-state index >= 15 is 0 Å². The smallest absolute Gasteiger partial charge is 0.268 e. The normalized spacial score (nSPS) is 20.3. The number of ether oxygens (including phenoxy) is 2. The van der Waals surface area contributed by atoms with Crippen molar-refractivity contribution in [3.8, 4) is 5.75 Å². The second-order valence-corrected chi connectivity index (χ2v) is 6.02. The molecule has 6 heteroatoms. The lowest BCUT2D eigenvalue weighted by atomic mass is 9.91. The lowest BCUT2D eigenvalue weighted by molar-refractivity contribution is -0.160. The first kappa shape index (κ1) is 17.4. The molecule has 4 nitrogen and oxygen atoms in total. The number of alkyl halides is 2. The Kier molecular flexibility index (Phi) is 4.72. The van der Waals surface area contributed by atoms with Crippen LogP contribution in [0, 0.1) is 0 Å². The molecule has 0 N–H and O–H groups in total. The van der Waals surface area contributed by atoms with Gasteiger partial charge in [-0.25, -0.2) is 8.78 Å². The van der Waals surface area contributed by atoms with Crippen molar-refractivity contribution in [1.82, 2.24) is 0 Å². The van der Waals surface area contributed by atoms with Crippen LogP contribution in [0.5, 0.6) is 5.75 Å². The average molecular weight is 347 g/mol. The number of anilines is 1. The highest BCUT2D eigenvalue weighted by Gasteiger charge is 2.59. The molecule has 0 bridgehead atoms. The summed E-state index contributed by atoms with van der Waals surface area (Å²) in [6.07, 6.45) is -1.16. The largest absolute Gasteiger partial charge is 0.497 e. The molecule has 1 fully saturated rings. The third kappa shape index (κ3) is 3.49. The molecule has 0 aliphatic carbocycles. The number of benzene rings is 2. The third-order valence-corrected chi connectivity index (χ3v) is 4.19. The van der Waals surface area contributed by atoms with Gasteiger partial charge < -0.3 is 9.47 Å². The predicted molar refractivity (Wildman–Crippen MR) is 89.9 cm³/mol. The van der Waals surface area contributed by atoms with Gasteiger partial charge in [-0.2, -0.15) is 0 Å². The molecule has 1 amide bonds. The van der Waals surface area contributed by atoms with Gasteiger partial charge in [0.1, 0.15) is 11.8 Å². The van der Waals surface area contributed by atoms with Gasteiger partial charge in [-0.05, 0) is 29.8 Å². The number of hydrogen-bond donors (Lipinski definition) is 0. The second-order valence-electron chi connectivity index (χ2n) is 6.02. The molecule has 3 rings (SSSR count). The topological polar surface area (TPSA) is 38.8 Å². The van der Waals surface area contributed by atoms with Crippen LogP contribution in [0.1, 0.15) is 12.5 Å². The Balaban J connectivity index is 1.77. The van der Waals surface area contributed by atoms with Crippen LogP contribution < -0.4 is 9.64 Å². The van der Waals surface area contributed by atoms with Gasteiger partial charge in [0.15, 0.2) is 6.10 Å². The molecule has 2 aromatic carbocycles. The summed E-state index contributed by atoms with van der Waals surface area (Å²) in [4.78, 5) is 13.5. The van der Waals surface area contributed by atoms with Crippen LogP contribution >= 0.6 is 0 Å². The number of halogens is 2. The van der Waals surface area contributed by atoms with Gasteiger partial charge in [0.2, 0.25) is 0 Å². The van der Waals surface area contributed by atoms with Crippen LogP contribution in [0.25, 0.3) is 0 Å². The first-order valence-electron chi connectivity index (χ1n) is 7.92. The summed E-state index contributed by atoms with van der Waals surface area (Å²) in [5.41, 5.74) is 1.23. The Morgan fingerprint density at radius 1 is 1.08 bits per heavy atom. The molecule has 0 saturated carbocycles.